The molecule has 0 saturated carbocycles. The van der Waals surface area contributed by atoms with Gasteiger partial charge in [0.1, 0.15) is 5.41 Å². The predicted octanol–water partition coefficient (Wildman–Crippen LogP) is 4.60. The highest BCUT2D eigenvalue weighted by molar-refractivity contribution is 6.14. The van der Waals surface area contributed by atoms with Gasteiger partial charge in [-0.25, -0.2) is 0 Å². The van der Waals surface area contributed by atoms with Crippen LogP contribution < -0.4 is 20.1 Å². The molecule has 2 aromatic rings. The molecule has 0 aliphatic carbocycles. The summed E-state index contributed by atoms with van der Waals surface area (Å²) in [6, 6.07) is 12.7. The van der Waals surface area contributed by atoms with E-state index in [9.17, 15) is 9.59 Å². The summed E-state index contributed by atoms with van der Waals surface area (Å²) in [5, 5.41) is 5.59. The summed E-state index contributed by atoms with van der Waals surface area (Å²) >= 11 is 0. The number of benzene rings is 2. The molecule has 2 rings (SSSR count). The molecule has 0 spiro atoms. The second kappa shape index (κ2) is 8.55. The minimum absolute atomic E-state index is 0.0289. The first kappa shape index (κ1) is 22.3. The number of hydrogen-bond donors (Lipinski definition) is 2. The number of anilines is 2. The van der Waals surface area contributed by atoms with Crippen LogP contribution in [-0.2, 0) is 15.0 Å². The summed E-state index contributed by atoms with van der Waals surface area (Å²) < 4.78 is 10.4. The molecular weight excluding hydrogens is 368 g/mol. The zero-order chi connectivity index (χ0) is 21.8. The lowest BCUT2D eigenvalue weighted by Gasteiger charge is -2.23. The largest absolute Gasteiger partial charge is 0.493 e. The Bertz CT molecular complexity index is 881. The van der Waals surface area contributed by atoms with Gasteiger partial charge in [-0.15, -0.1) is 0 Å². The molecule has 2 N–H and O–H groups in total. The van der Waals surface area contributed by atoms with Gasteiger partial charge in [-0.1, -0.05) is 32.9 Å². The van der Waals surface area contributed by atoms with E-state index >= 15 is 0 Å². The number of carbonyl (C=O) groups excluding carboxylic acids is 2. The van der Waals surface area contributed by atoms with E-state index in [0.29, 0.717) is 22.9 Å². The maximum atomic E-state index is 12.8. The Morgan fingerprint density at radius 3 is 1.69 bits per heavy atom. The molecule has 156 valence electrons. The highest BCUT2D eigenvalue weighted by atomic mass is 16.5. The molecule has 0 saturated heterocycles. The molecule has 2 aromatic carbocycles. The number of ether oxygens (including phenoxy) is 2. The van der Waals surface area contributed by atoms with Crippen molar-refractivity contribution >= 4 is 23.2 Å². The molecule has 0 bridgehead atoms. The standard InChI is InChI=1S/C23H30N2O4/c1-22(2,3)15-8-10-16(11-9-15)24-20(26)23(4,5)21(27)25-17-12-13-18(28-6)19(14-17)29-7/h8-14H,1-7H3,(H,24,26)(H,25,27). The van der Waals surface area contributed by atoms with Crippen molar-refractivity contribution in [1.29, 1.82) is 0 Å². The predicted molar refractivity (Wildman–Crippen MR) is 116 cm³/mol. The van der Waals surface area contributed by atoms with Crippen LogP contribution in [0.4, 0.5) is 11.4 Å². The molecule has 0 aromatic heterocycles. The second-order valence-corrected chi connectivity index (χ2v) is 8.43. The molecule has 29 heavy (non-hydrogen) atoms. The molecule has 0 unspecified atom stereocenters. The fourth-order valence-corrected chi connectivity index (χ4v) is 2.65. The Morgan fingerprint density at radius 2 is 1.21 bits per heavy atom. The molecule has 6 nitrogen and oxygen atoms in total. The van der Waals surface area contributed by atoms with Gasteiger partial charge in [-0.05, 0) is 49.1 Å². The Morgan fingerprint density at radius 1 is 0.724 bits per heavy atom. The van der Waals surface area contributed by atoms with Crippen LogP contribution in [0.2, 0.25) is 0 Å². The maximum absolute atomic E-state index is 12.8. The van der Waals surface area contributed by atoms with Crippen molar-refractivity contribution in [3.63, 3.8) is 0 Å². The zero-order valence-corrected chi connectivity index (χ0v) is 18.2. The smallest absolute Gasteiger partial charge is 0.239 e. The van der Waals surface area contributed by atoms with Gasteiger partial charge >= 0.3 is 0 Å². The van der Waals surface area contributed by atoms with Crippen LogP contribution in [0, 0.1) is 5.41 Å². The van der Waals surface area contributed by atoms with Crippen molar-refractivity contribution in [1.82, 2.24) is 0 Å². The van der Waals surface area contributed by atoms with E-state index in [4.69, 9.17) is 9.47 Å². The van der Waals surface area contributed by atoms with E-state index < -0.39 is 11.3 Å². The highest BCUT2D eigenvalue weighted by Crippen LogP contribution is 2.31. The highest BCUT2D eigenvalue weighted by Gasteiger charge is 2.36. The van der Waals surface area contributed by atoms with Crippen LogP contribution in [-0.4, -0.2) is 26.0 Å². The van der Waals surface area contributed by atoms with Crippen molar-refractivity contribution in [2.75, 3.05) is 24.9 Å². The SMILES string of the molecule is COc1ccc(NC(=O)C(C)(C)C(=O)Nc2ccc(C(C)(C)C)cc2)cc1OC. The normalized spacial score (nSPS) is 11.6. The van der Waals surface area contributed by atoms with E-state index in [0.717, 1.165) is 0 Å². The summed E-state index contributed by atoms with van der Waals surface area (Å²) in [7, 11) is 3.06. The number of hydrogen-bond acceptors (Lipinski definition) is 4. The summed E-state index contributed by atoms with van der Waals surface area (Å²) in [5.41, 5.74) is 1.08. The monoisotopic (exact) mass is 398 g/mol. The lowest BCUT2D eigenvalue weighted by Crippen LogP contribution is -2.41. The van der Waals surface area contributed by atoms with E-state index in [-0.39, 0.29) is 11.3 Å². The minimum atomic E-state index is -1.28. The van der Waals surface area contributed by atoms with Gasteiger partial charge < -0.3 is 20.1 Å². The van der Waals surface area contributed by atoms with E-state index in [1.165, 1.54) is 19.8 Å². The van der Waals surface area contributed by atoms with Crippen LogP contribution in [0.3, 0.4) is 0 Å². The first-order valence-corrected chi connectivity index (χ1v) is 9.44. The summed E-state index contributed by atoms with van der Waals surface area (Å²) in [6.07, 6.45) is 0. The molecule has 6 heteroatoms. The van der Waals surface area contributed by atoms with Crippen LogP contribution in [0.15, 0.2) is 42.5 Å². The molecular formula is C23H30N2O4. The average Bonchev–Trinajstić information content (AvgIpc) is 2.67. The van der Waals surface area contributed by atoms with E-state index in [1.807, 2.05) is 24.3 Å². The van der Waals surface area contributed by atoms with Crippen molar-refractivity contribution in [3.05, 3.63) is 48.0 Å². The maximum Gasteiger partial charge on any atom is 0.239 e. The van der Waals surface area contributed by atoms with Crippen LogP contribution in [0.1, 0.15) is 40.2 Å². The molecule has 0 aliphatic rings. The number of carbonyl (C=O) groups is 2. The van der Waals surface area contributed by atoms with Crippen LogP contribution in [0.25, 0.3) is 0 Å². The third-order valence-electron chi connectivity index (χ3n) is 4.79. The topological polar surface area (TPSA) is 76.7 Å². The zero-order valence-electron chi connectivity index (χ0n) is 18.2. The summed E-state index contributed by atoms with van der Waals surface area (Å²) in [6.45, 7) is 9.55. The van der Waals surface area contributed by atoms with Crippen molar-refractivity contribution in [2.24, 2.45) is 5.41 Å². The van der Waals surface area contributed by atoms with Gasteiger partial charge in [-0.3, -0.25) is 9.59 Å². The fourth-order valence-electron chi connectivity index (χ4n) is 2.65. The van der Waals surface area contributed by atoms with Crippen LogP contribution >= 0.6 is 0 Å². The van der Waals surface area contributed by atoms with Gasteiger partial charge in [0, 0.05) is 17.4 Å². The van der Waals surface area contributed by atoms with E-state index in [1.54, 1.807) is 32.0 Å². The average molecular weight is 399 g/mol. The molecule has 0 atom stereocenters. The third-order valence-corrected chi connectivity index (χ3v) is 4.79. The Balaban J connectivity index is 2.10. The fraction of sp³-hybridized carbons (Fsp3) is 0.391. The van der Waals surface area contributed by atoms with Crippen molar-refractivity contribution < 1.29 is 19.1 Å². The quantitative estimate of drug-likeness (QED) is 0.697. The van der Waals surface area contributed by atoms with Gasteiger partial charge in [0.25, 0.3) is 0 Å². The number of methoxy groups -OCH3 is 2. The summed E-state index contributed by atoms with van der Waals surface area (Å²) in [5.74, 6) is 0.236. The Hall–Kier alpha value is -3.02. The van der Waals surface area contributed by atoms with Gasteiger partial charge in [0.05, 0.1) is 14.2 Å². The van der Waals surface area contributed by atoms with Gasteiger partial charge in [0.15, 0.2) is 11.5 Å². The minimum Gasteiger partial charge on any atom is -0.493 e. The van der Waals surface area contributed by atoms with Crippen molar-refractivity contribution in [3.8, 4) is 11.5 Å². The number of amides is 2. The molecule has 0 aliphatic heterocycles. The molecule has 2 amide bonds. The van der Waals surface area contributed by atoms with Gasteiger partial charge in [0.2, 0.25) is 11.8 Å². The Labute approximate surface area is 172 Å². The lowest BCUT2D eigenvalue weighted by atomic mass is 9.87. The lowest BCUT2D eigenvalue weighted by molar-refractivity contribution is -0.135. The molecule has 0 heterocycles. The number of nitrogens with one attached hydrogen (secondary N) is 2. The first-order chi connectivity index (χ1) is 13.5. The van der Waals surface area contributed by atoms with E-state index in [2.05, 4.69) is 31.4 Å². The summed E-state index contributed by atoms with van der Waals surface area (Å²) in [4.78, 5) is 25.5. The number of rotatable bonds is 6. The molecule has 0 radical (unpaired) electrons. The third kappa shape index (κ3) is 5.28. The first-order valence-electron chi connectivity index (χ1n) is 9.44. The Kier molecular flexibility index (Phi) is 6.57. The van der Waals surface area contributed by atoms with Gasteiger partial charge in [-0.2, -0.15) is 0 Å². The second-order valence-electron chi connectivity index (χ2n) is 8.43. The molecule has 0 fully saturated rings. The van der Waals surface area contributed by atoms with Crippen molar-refractivity contribution in [2.45, 2.75) is 40.0 Å². The van der Waals surface area contributed by atoms with Crippen LogP contribution in [0.5, 0.6) is 11.5 Å².